The van der Waals surface area contributed by atoms with Crippen molar-refractivity contribution in [2.75, 3.05) is 25.9 Å². The maximum atomic E-state index is 13.5. The quantitative estimate of drug-likeness (QED) is 0.778. The van der Waals surface area contributed by atoms with Gasteiger partial charge in [0.2, 0.25) is 10.0 Å². The molecular weight excluding hydrogens is 281 g/mol. The average molecular weight is 303 g/mol. The lowest BCUT2D eigenvalue weighted by Crippen LogP contribution is -2.36. The summed E-state index contributed by atoms with van der Waals surface area (Å²) < 4.78 is 40.1. The first-order chi connectivity index (χ1) is 9.15. The van der Waals surface area contributed by atoms with Gasteiger partial charge in [0.15, 0.2) is 0 Å². The molecule has 7 heteroatoms. The van der Waals surface area contributed by atoms with Gasteiger partial charge in [-0.3, -0.25) is 0 Å². The summed E-state index contributed by atoms with van der Waals surface area (Å²) in [6.45, 7) is 6.37. The Kier molecular flexibility index (Phi) is 5.50. The molecule has 0 heterocycles. The van der Waals surface area contributed by atoms with E-state index in [0.717, 1.165) is 6.07 Å². The molecular formula is C13H22FN3O2S. The van der Waals surface area contributed by atoms with E-state index >= 15 is 0 Å². The van der Waals surface area contributed by atoms with Crippen molar-refractivity contribution in [3.05, 3.63) is 23.5 Å². The molecule has 0 aliphatic rings. The molecule has 114 valence electrons. The molecule has 1 aromatic carbocycles. The fraction of sp³-hybridized carbons (Fsp3) is 0.538. The molecule has 3 N–H and O–H groups in total. The third kappa shape index (κ3) is 4.16. The van der Waals surface area contributed by atoms with Crippen molar-refractivity contribution >= 4 is 15.7 Å². The summed E-state index contributed by atoms with van der Waals surface area (Å²) in [4.78, 5) is 1.86. The molecule has 0 saturated carbocycles. The van der Waals surface area contributed by atoms with Gasteiger partial charge in [-0.15, -0.1) is 0 Å². The predicted octanol–water partition coefficient (Wildman–Crippen LogP) is 1.33. The van der Waals surface area contributed by atoms with Crippen molar-refractivity contribution in [2.24, 2.45) is 0 Å². The summed E-state index contributed by atoms with van der Waals surface area (Å²) in [5.74, 6) is -0.621. The van der Waals surface area contributed by atoms with Crippen LogP contribution in [-0.2, 0) is 10.0 Å². The van der Waals surface area contributed by atoms with Gasteiger partial charge in [-0.05, 0) is 40.0 Å². The normalized spacial score (nSPS) is 12.3. The van der Waals surface area contributed by atoms with E-state index < -0.39 is 15.8 Å². The second-order valence-corrected chi connectivity index (χ2v) is 6.86. The fourth-order valence-corrected chi connectivity index (χ4v) is 2.59. The van der Waals surface area contributed by atoms with Gasteiger partial charge in [0.05, 0.1) is 4.90 Å². The lowest BCUT2D eigenvalue weighted by Gasteiger charge is -2.20. The molecule has 0 aromatic heterocycles. The first kappa shape index (κ1) is 16.9. The summed E-state index contributed by atoms with van der Waals surface area (Å²) >= 11 is 0. The van der Waals surface area contributed by atoms with E-state index in [1.54, 1.807) is 0 Å². The third-order valence-corrected chi connectivity index (χ3v) is 4.75. The smallest absolute Gasteiger partial charge is 0.240 e. The van der Waals surface area contributed by atoms with E-state index in [1.165, 1.54) is 13.0 Å². The molecule has 0 amide bonds. The van der Waals surface area contributed by atoms with Crippen LogP contribution in [0.5, 0.6) is 0 Å². The first-order valence-electron chi connectivity index (χ1n) is 6.40. The number of hydrogen-bond donors (Lipinski definition) is 2. The molecule has 20 heavy (non-hydrogen) atoms. The maximum Gasteiger partial charge on any atom is 0.240 e. The third-order valence-electron chi connectivity index (χ3n) is 3.31. The molecule has 0 bridgehead atoms. The van der Waals surface area contributed by atoms with Crippen molar-refractivity contribution in [3.8, 4) is 0 Å². The standard InChI is InChI=1S/C13H22FN3O2S/c1-9(2)17(4)6-5-16-20(18,19)11-7-12(14)10(3)13(15)8-11/h7-9,16H,5-6,15H2,1-4H3. The molecule has 0 saturated heterocycles. The summed E-state index contributed by atoms with van der Waals surface area (Å²) in [7, 11) is -1.83. The number of halogens is 1. The van der Waals surface area contributed by atoms with Gasteiger partial charge in [0.25, 0.3) is 0 Å². The summed E-state index contributed by atoms with van der Waals surface area (Å²) in [5, 5.41) is 0. The zero-order valence-corrected chi connectivity index (χ0v) is 13.1. The largest absolute Gasteiger partial charge is 0.398 e. The van der Waals surface area contributed by atoms with E-state index in [2.05, 4.69) is 4.72 Å². The lowest BCUT2D eigenvalue weighted by molar-refractivity contribution is 0.278. The van der Waals surface area contributed by atoms with E-state index in [0.29, 0.717) is 12.6 Å². The number of anilines is 1. The zero-order valence-electron chi connectivity index (χ0n) is 12.3. The number of benzene rings is 1. The highest BCUT2D eigenvalue weighted by Crippen LogP contribution is 2.20. The van der Waals surface area contributed by atoms with E-state index in [-0.39, 0.29) is 22.7 Å². The maximum absolute atomic E-state index is 13.5. The van der Waals surface area contributed by atoms with Crippen LogP contribution in [0, 0.1) is 12.7 Å². The number of nitrogens with one attached hydrogen (secondary N) is 1. The SMILES string of the molecule is Cc1c(N)cc(S(=O)(=O)NCCN(C)C(C)C)cc1F. The van der Waals surface area contributed by atoms with Crippen LogP contribution in [0.2, 0.25) is 0 Å². The molecule has 0 fully saturated rings. The van der Waals surface area contributed by atoms with Crippen LogP contribution in [0.4, 0.5) is 10.1 Å². The number of likely N-dealkylation sites (N-methyl/N-ethyl adjacent to an activating group) is 1. The first-order valence-corrected chi connectivity index (χ1v) is 7.89. The van der Waals surface area contributed by atoms with Crippen LogP contribution in [0.15, 0.2) is 17.0 Å². The Morgan fingerprint density at radius 2 is 2.00 bits per heavy atom. The van der Waals surface area contributed by atoms with Crippen LogP contribution in [0.25, 0.3) is 0 Å². The lowest BCUT2D eigenvalue weighted by atomic mass is 10.2. The Hall–Kier alpha value is -1.18. The summed E-state index contributed by atoms with van der Waals surface area (Å²) in [6.07, 6.45) is 0. The van der Waals surface area contributed by atoms with Crippen LogP contribution < -0.4 is 10.5 Å². The fourth-order valence-electron chi connectivity index (χ4n) is 1.53. The Bertz CT molecular complexity index is 550. The number of rotatable bonds is 6. The van der Waals surface area contributed by atoms with Crippen LogP contribution in [-0.4, -0.2) is 39.5 Å². The number of nitrogen functional groups attached to an aromatic ring is 1. The molecule has 0 spiro atoms. The van der Waals surface area contributed by atoms with Gasteiger partial charge < -0.3 is 10.6 Å². The second-order valence-electron chi connectivity index (χ2n) is 5.09. The number of nitrogens with zero attached hydrogens (tertiary/aromatic N) is 1. The summed E-state index contributed by atoms with van der Waals surface area (Å²) in [6, 6.07) is 2.58. The van der Waals surface area contributed by atoms with E-state index in [1.807, 2.05) is 25.8 Å². The van der Waals surface area contributed by atoms with Crippen molar-refractivity contribution < 1.29 is 12.8 Å². The molecule has 5 nitrogen and oxygen atoms in total. The van der Waals surface area contributed by atoms with E-state index in [4.69, 9.17) is 5.73 Å². The highest BCUT2D eigenvalue weighted by atomic mass is 32.2. The Labute approximate surface area is 120 Å². The van der Waals surface area contributed by atoms with Crippen LogP contribution >= 0.6 is 0 Å². The van der Waals surface area contributed by atoms with Gasteiger partial charge in [-0.1, -0.05) is 0 Å². The zero-order chi connectivity index (χ0) is 15.5. The molecule has 1 aromatic rings. The van der Waals surface area contributed by atoms with Gasteiger partial charge in [-0.2, -0.15) is 0 Å². The monoisotopic (exact) mass is 303 g/mol. The Morgan fingerprint density at radius 3 is 2.50 bits per heavy atom. The molecule has 1 rings (SSSR count). The molecule has 0 radical (unpaired) electrons. The minimum absolute atomic E-state index is 0.129. The van der Waals surface area contributed by atoms with Crippen molar-refractivity contribution in [2.45, 2.75) is 31.7 Å². The molecule has 0 aliphatic heterocycles. The van der Waals surface area contributed by atoms with Crippen LogP contribution in [0.1, 0.15) is 19.4 Å². The van der Waals surface area contributed by atoms with Crippen molar-refractivity contribution in [1.29, 1.82) is 0 Å². The van der Waals surface area contributed by atoms with Gasteiger partial charge >= 0.3 is 0 Å². The van der Waals surface area contributed by atoms with Crippen LogP contribution in [0.3, 0.4) is 0 Å². The summed E-state index contributed by atoms with van der Waals surface area (Å²) in [5.41, 5.74) is 5.98. The molecule has 0 aliphatic carbocycles. The van der Waals surface area contributed by atoms with E-state index in [9.17, 15) is 12.8 Å². The highest BCUT2D eigenvalue weighted by molar-refractivity contribution is 7.89. The number of hydrogen-bond acceptors (Lipinski definition) is 4. The van der Waals surface area contributed by atoms with Crippen molar-refractivity contribution in [3.63, 3.8) is 0 Å². The Morgan fingerprint density at radius 1 is 1.40 bits per heavy atom. The minimum atomic E-state index is -3.74. The van der Waals surface area contributed by atoms with Gasteiger partial charge in [-0.25, -0.2) is 17.5 Å². The average Bonchev–Trinajstić information content (AvgIpc) is 2.34. The number of nitrogens with two attached hydrogens (primary N) is 1. The number of sulfonamides is 1. The van der Waals surface area contributed by atoms with Gasteiger partial charge in [0.1, 0.15) is 5.82 Å². The second kappa shape index (κ2) is 6.51. The minimum Gasteiger partial charge on any atom is -0.398 e. The molecule has 0 atom stereocenters. The molecule has 0 unspecified atom stereocenters. The Balaban J connectivity index is 2.80. The van der Waals surface area contributed by atoms with Crippen molar-refractivity contribution in [1.82, 2.24) is 9.62 Å². The topological polar surface area (TPSA) is 75.4 Å². The predicted molar refractivity (Wildman–Crippen MR) is 78.5 cm³/mol. The van der Waals surface area contributed by atoms with Gasteiger partial charge in [0, 0.05) is 30.4 Å². The highest BCUT2D eigenvalue weighted by Gasteiger charge is 2.17.